The predicted molar refractivity (Wildman–Crippen MR) is 75.6 cm³/mol. The Morgan fingerprint density at radius 2 is 1.84 bits per heavy atom. The van der Waals surface area contributed by atoms with Gasteiger partial charge in [0.25, 0.3) is 5.91 Å². The molecule has 1 unspecified atom stereocenters. The molecule has 1 aliphatic carbocycles. The van der Waals surface area contributed by atoms with E-state index in [9.17, 15) is 9.90 Å². The average molecular weight is 261 g/mol. The Balaban J connectivity index is 2.00. The van der Waals surface area contributed by atoms with Crippen molar-refractivity contribution < 1.29 is 9.90 Å². The fraction of sp³-hybridized carbons (Fsp3) is 0.562. The average Bonchev–Trinajstić information content (AvgIpc) is 2.93. The lowest BCUT2D eigenvalue weighted by molar-refractivity contribution is -0.132. The van der Waals surface area contributed by atoms with E-state index in [1.807, 2.05) is 18.2 Å². The van der Waals surface area contributed by atoms with Crippen LogP contribution in [0.15, 0.2) is 30.3 Å². The number of amides is 1. The maximum absolute atomic E-state index is 12.2. The van der Waals surface area contributed by atoms with Crippen molar-refractivity contribution in [1.29, 1.82) is 0 Å². The first kappa shape index (κ1) is 14.1. The lowest BCUT2D eigenvalue weighted by Crippen LogP contribution is -2.50. The molecule has 19 heavy (non-hydrogen) atoms. The Kier molecular flexibility index (Phi) is 4.25. The SMILES string of the molecule is CC(C)(NC(=O)C(O)c1ccccc1)C1CCCC1. The Bertz CT molecular complexity index is 422. The molecule has 0 radical (unpaired) electrons. The molecule has 1 atom stereocenters. The van der Waals surface area contributed by atoms with Crippen molar-refractivity contribution in [2.75, 3.05) is 0 Å². The first-order chi connectivity index (χ1) is 9.00. The number of aliphatic hydroxyl groups excluding tert-OH is 1. The van der Waals surface area contributed by atoms with Crippen LogP contribution in [-0.4, -0.2) is 16.6 Å². The van der Waals surface area contributed by atoms with E-state index >= 15 is 0 Å². The van der Waals surface area contributed by atoms with Crippen molar-refractivity contribution in [3.63, 3.8) is 0 Å². The van der Waals surface area contributed by atoms with E-state index in [1.165, 1.54) is 12.8 Å². The Morgan fingerprint density at radius 3 is 2.42 bits per heavy atom. The summed E-state index contributed by atoms with van der Waals surface area (Å²) in [5, 5.41) is 13.1. The zero-order valence-electron chi connectivity index (χ0n) is 11.7. The highest BCUT2D eigenvalue weighted by molar-refractivity contribution is 5.82. The maximum Gasteiger partial charge on any atom is 0.253 e. The third kappa shape index (κ3) is 3.35. The van der Waals surface area contributed by atoms with E-state index in [0.717, 1.165) is 12.8 Å². The molecule has 0 saturated heterocycles. The second-order valence-corrected chi connectivity index (χ2v) is 6.01. The second-order valence-electron chi connectivity index (χ2n) is 6.01. The fourth-order valence-electron chi connectivity index (χ4n) is 2.92. The topological polar surface area (TPSA) is 49.3 Å². The van der Waals surface area contributed by atoms with Gasteiger partial charge in [0.05, 0.1) is 0 Å². The standard InChI is InChI=1S/C16H23NO2/c1-16(2,13-10-6-7-11-13)17-15(19)14(18)12-8-4-3-5-9-12/h3-5,8-9,13-14,18H,6-7,10-11H2,1-2H3,(H,17,19). The quantitative estimate of drug-likeness (QED) is 0.875. The predicted octanol–water partition coefficient (Wildman–Crippen LogP) is 2.81. The van der Waals surface area contributed by atoms with Crippen molar-refractivity contribution >= 4 is 5.91 Å². The van der Waals surface area contributed by atoms with Crippen molar-refractivity contribution in [2.24, 2.45) is 5.92 Å². The molecule has 3 nitrogen and oxygen atoms in total. The van der Waals surface area contributed by atoms with E-state index in [0.29, 0.717) is 11.5 Å². The molecule has 1 amide bonds. The normalized spacial score (nSPS) is 18.3. The third-order valence-electron chi connectivity index (χ3n) is 4.18. The Hall–Kier alpha value is -1.35. The number of benzene rings is 1. The molecule has 0 spiro atoms. The summed E-state index contributed by atoms with van der Waals surface area (Å²) in [5.41, 5.74) is 0.394. The minimum Gasteiger partial charge on any atom is -0.378 e. The molecule has 0 heterocycles. The van der Waals surface area contributed by atoms with Crippen LogP contribution in [0.25, 0.3) is 0 Å². The summed E-state index contributed by atoms with van der Waals surface area (Å²) in [5.74, 6) is 0.211. The van der Waals surface area contributed by atoms with Gasteiger partial charge in [0.15, 0.2) is 6.10 Å². The second kappa shape index (κ2) is 5.74. The minimum atomic E-state index is -1.08. The highest BCUT2D eigenvalue weighted by Crippen LogP contribution is 2.34. The van der Waals surface area contributed by atoms with E-state index in [1.54, 1.807) is 12.1 Å². The highest BCUT2D eigenvalue weighted by Gasteiger charge is 2.34. The molecule has 1 aromatic rings. The zero-order valence-corrected chi connectivity index (χ0v) is 11.7. The van der Waals surface area contributed by atoms with Crippen LogP contribution in [0.5, 0.6) is 0 Å². The molecule has 0 aliphatic heterocycles. The summed E-state index contributed by atoms with van der Waals surface area (Å²) in [6.07, 6.45) is 3.72. The molecule has 0 aromatic heterocycles. The number of hydrogen-bond donors (Lipinski definition) is 2. The molecule has 104 valence electrons. The van der Waals surface area contributed by atoms with Gasteiger partial charge in [0.1, 0.15) is 0 Å². The van der Waals surface area contributed by atoms with Gasteiger partial charge in [-0.15, -0.1) is 0 Å². The number of rotatable bonds is 4. The van der Waals surface area contributed by atoms with Gasteiger partial charge in [-0.25, -0.2) is 0 Å². The lowest BCUT2D eigenvalue weighted by atomic mass is 9.86. The zero-order chi connectivity index (χ0) is 13.9. The van der Waals surface area contributed by atoms with Gasteiger partial charge < -0.3 is 10.4 Å². The molecule has 1 fully saturated rings. The number of hydrogen-bond acceptors (Lipinski definition) is 2. The van der Waals surface area contributed by atoms with Crippen LogP contribution in [0.1, 0.15) is 51.2 Å². The molecule has 1 aromatic carbocycles. The van der Waals surface area contributed by atoms with Crippen molar-refractivity contribution in [2.45, 2.75) is 51.2 Å². The van der Waals surface area contributed by atoms with Crippen LogP contribution in [-0.2, 0) is 4.79 Å². The first-order valence-corrected chi connectivity index (χ1v) is 7.06. The summed E-state index contributed by atoms with van der Waals surface area (Å²) >= 11 is 0. The number of nitrogens with one attached hydrogen (secondary N) is 1. The molecular formula is C16H23NO2. The van der Waals surface area contributed by atoms with Gasteiger partial charge in [-0.05, 0) is 38.2 Å². The van der Waals surface area contributed by atoms with Crippen LogP contribution in [0.4, 0.5) is 0 Å². The maximum atomic E-state index is 12.2. The largest absolute Gasteiger partial charge is 0.378 e. The number of carbonyl (C=O) groups excluding carboxylic acids is 1. The van der Waals surface area contributed by atoms with Crippen LogP contribution in [0.2, 0.25) is 0 Å². The van der Waals surface area contributed by atoms with Gasteiger partial charge >= 0.3 is 0 Å². The van der Waals surface area contributed by atoms with Crippen molar-refractivity contribution in [1.82, 2.24) is 5.32 Å². The van der Waals surface area contributed by atoms with Gasteiger partial charge in [0.2, 0.25) is 0 Å². The lowest BCUT2D eigenvalue weighted by Gasteiger charge is -2.33. The monoisotopic (exact) mass is 261 g/mol. The summed E-state index contributed by atoms with van der Waals surface area (Å²) < 4.78 is 0. The molecule has 1 aliphatic rings. The molecule has 0 bridgehead atoms. The summed E-state index contributed by atoms with van der Waals surface area (Å²) in [4.78, 5) is 12.2. The summed E-state index contributed by atoms with van der Waals surface area (Å²) in [7, 11) is 0. The Labute approximate surface area is 115 Å². The molecule has 3 heteroatoms. The smallest absolute Gasteiger partial charge is 0.253 e. The third-order valence-corrected chi connectivity index (χ3v) is 4.18. The van der Waals surface area contributed by atoms with Crippen LogP contribution in [0.3, 0.4) is 0 Å². The fourth-order valence-corrected chi connectivity index (χ4v) is 2.92. The molecular weight excluding hydrogens is 238 g/mol. The molecule has 1 saturated carbocycles. The van der Waals surface area contributed by atoms with Crippen molar-refractivity contribution in [3.05, 3.63) is 35.9 Å². The summed E-state index contributed by atoms with van der Waals surface area (Å²) in [6.45, 7) is 4.11. The van der Waals surface area contributed by atoms with Gasteiger partial charge in [-0.3, -0.25) is 4.79 Å². The van der Waals surface area contributed by atoms with E-state index < -0.39 is 6.10 Å². The van der Waals surface area contributed by atoms with E-state index in [4.69, 9.17) is 0 Å². The van der Waals surface area contributed by atoms with Crippen LogP contribution < -0.4 is 5.32 Å². The molecule has 2 N–H and O–H groups in total. The number of aliphatic hydroxyl groups is 1. The van der Waals surface area contributed by atoms with Gasteiger partial charge in [-0.1, -0.05) is 43.2 Å². The first-order valence-electron chi connectivity index (χ1n) is 7.06. The van der Waals surface area contributed by atoms with E-state index in [-0.39, 0.29) is 11.4 Å². The minimum absolute atomic E-state index is 0.247. The van der Waals surface area contributed by atoms with Crippen LogP contribution in [0, 0.1) is 5.92 Å². The van der Waals surface area contributed by atoms with Gasteiger partial charge in [-0.2, -0.15) is 0 Å². The summed E-state index contributed by atoms with van der Waals surface area (Å²) in [6, 6.07) is 9.07. The molecule has 2 rings (SSSR count). The Morgan fingerprint density at radius 1 is 1.26 bits per heavy atom. The van der Waals surface area contributed by atoms with Crippen molar-refractivity contribution in [3.8, 4) is 0 Å². The van der Waals surface area contributed by atoms with E-state index in [2.05, 4.69) is 19.2 Å². The van der Waals surface area contributed by atoms with Crippen LogP contribution >= 0.6 is 0 Å². The number of carbonyl (C=O) groups is 1. The van der Waals surface area contributed by atoms with Gasteiger partial charge in [0, 0.05) is 5.54 Å². The highest BCUT2D eigenvalue weighted by atomic mass is 16.3.